The van der Waals surface area contributed by atoms with Crippen molar-refractivity contribution in [2.24, 2.45) is 0 Å². The third-order valence-electron chi connectivity index (χ3n) is 2.92. The molecule has 1 unspecified atom stereocenters. The van der Waals surface area contributed by atoms with E-state index >= 15 is 0 Å². The van der Waals surface area contributed by atoms with Crippen LogP contribution in [0.5, 0.6) is 0 Å². The number of methoxy groups -OCH3 is 1. The van der Waals surface area contributed by atoms with E-state index in [1.165, 1.54) is 0 Å². The minimum Gasteiger partial charge on any atom is -0.381 e. The molecule has 2 bridgehead atoms. The van der Waals surface area contributed by atoms with Crippen molar-refractivity contribution in [3.63, 3.8) is 0 Å². The molecule has 0 saturated carbocycles. The summed E-state index contributed by atoms with van der Waals surface area (Å²) < 4.78 is 32.9. The minimum atomic E-state index is -3.56. The summed E-state index contributed by atoms with van der Waals surface area (Å²) in [6.07, 6.45) is -0.987. The van der Waals surface area contributed by atoms with Gasteiger partial charge in [0.25, 0.3) is 0 Å². The van der Waals surface area contributed by atoms with E-state index in [4.69, 9.17) is 18.7 Å². The Kier molecular flexibility index (Phi) is 3.16. The summed E-state index contributed by atoms with van der Waals surface area (Å²) in [5, 5.41) is 0. The maximum absolute atomic E-state index is 11.3. The molecule has 94 valence electrons. The Morgan fingerprint density at radius 1 is 1.62 bits per heavy atom. The SMILES string of the molecule is COC[C@@]12CO[C@@H]([C@H](C)O1)[C@@H]2OP(C)(=O)O. The van der Waals surface area contributed by atoms with Crippen LogP contribution in [-0.2, 0) is 23.3 Å². The lowest BCUT2D eigenvalue weighted by molar-refractivity contribution is -0.158. The lowest BCUT2D eigenvalue weighted by Crippen LogP contribution is -2.45. The second kappa shape index (κ2) is 4.05. The van der Waals surface area contributed by atoms with Crippen LogP contribution in [-0.4, -0.2) is 55.8 Å². The molecule has 0 radical (unpaired) electrons. The van der Waals surface area contributed by atoms with Gasteiger partial charge >= 0.3 is 7.60 Å². The van der Waals surface area contributed by atoms with Crippen molar-refractivity contribution in [2.75, 3.05) is 27.0 Å². The molecule has 7 heteroatoms. The third-order valence-corrected chi connectivity index (χ3v) is 3.54. The Labute approximate surface area is 94.4 Å². The largest absolute Gasteiger partial charge is 0.381 e. The smallest absolute Gasteiger partial charge is 0.325 e. The first-order valence-corrected chi connectivity index (χ1v) is 7.17. The van der Waals surface area contributed by atoms with Crippen molar-refractivity contribution in [2.45, 2.75) is 30.8 Å². The molecule has 2 aliphatic heterocycles. The molecule has 2 saturated heterocycles. The topological polar surface area (TPSA) is 74.2 Å². The first kappa shape index (κ1) is 12.5. The van der Waals surface area contributed by atoms with Gasteiger partial charge in [-0.15, -0.1) is 0 Å². The Bertz CT molecular complexity index is 315. The van der Waals surface area contributed by atoms with Crippen LogP contribution in [0.25, 0.3) is 0 Å². The fraction of sp³-hybridized carbons (Fsp3) is 1.00. The van der Waals surface area contributed by atoms with Gasteiger partial charge in [0.05, 0.1) is 19.3 Å². The maximum Gasteiger partial charge on any atom is 0.325 e. The molecule has 2 aliphatic rings. The first-order chi connectivity index (χ1) is 7.38. The van der Waals surface area contributed by atoms with Gasteiger partial charge in [-0.2, -0.15) is 0 Å². The molecule has 0 spiro atoms. The Balaban J connectivity index is 2.19. The summed E-state index contributed by atoms with van der Waals surface area (Å²) in [5.74, 6) is 0. The van der Waals surface area contributed by atoms with Gasteiger partial charge in [0.1, 0.15) is 17.8 Å². The van der Waals surface area contributed by atoms with E-state index < -0.39 is 19.3 Å². The highest BCUT2D eigenvalue weighted by Crippen LogP contribution is 2.49. The monoisotopic (exact) mass is 252 g/mol. The molecule has 16 heavy (non-hydrogen) atoms. The van der Waals surface area contributed by atoms with E-state index in [0.29, 0.717) is 13.2 Å². The van der Waals surface area contributed by atoms with Crippen LogP contribution < -0.4 is 0 Å². The predicted molar refractivity (Wildman–Crippen MR) is 55.5 cm³/mol. The molecule has 5 atom stereocenters. The van der Waals surface area contributed by atoms with Crippen LogP contribution in [0.1, 0.15) is 6.92 Å². The summed E-state index contributed by atoms with van der Waals surface area (Å²) in [4.78, 5) is 9.29. The van der Waals surface area contributed by atoms with Gasteiger partial charge in [0, 0.05) is 13.8 Å². The zero-order valence-electron chi connectivity index (χ0n) is 9.58. The van der Waals surface area contributed by atoms with E-state index in [2.05, 4.69) is 0 Å². The fourth-order valence-electron chi connectivity index (χ4n) is 2.40. The fourth-order valence-corrected chi connectivity index (χ4v) is 3.13. The van der Waals surface area contributed by atoms with E-state index in [-0.39, 0.29) is 12.2 Å². The molecule has 0 aliphatic carbocycles. The molecule has 0 amide bonds. The minimum absolute atomic E-state index is 0.152. The molecule has 0 aromatic carbocycles. The number of fused-ring (bicyclic) bond motifs is 2. The van der Waals surface area contributed by atoms with Gasteiger partial charge in [-0.3, -0.25) is 9.09 Å². The van der Waals surface area contributed by atoms with E-state index in [9.17, 15) is 9.46 Å². The third kappa shape index (κ3) is 2.06. The van der Waals surface area contributed by atoms with Crippen LogP contribution in [0.4, 0.5) is 0 Å². The number of hydrogen-bond acceptors (Lipinski definition) is 5. The first-order valence-electron chi connectivity index (χ1n) is 5.15. The van der Waals surface area contributed by atoms with Crippen molar-refractivity contribution in [1.29, 1.82) is 0 Å². The van der Waals surface area contributed by atoms with Crippen LogP contribution >= 0.6 is 7.60 Å². The van der Waals surface area contributed by atoms with Crippen LogP contribution in [0, 0.1) is 0 Å². The van der Waals surface area contributed by atoms with Gasteiger partial charge in [0.2, 0.25) is 0 Å². The van der Waals surface area contributed by atoms with Crippen LogP contribution in [0.15, 0.2) is 0 Å². The molecular weight excluding hydrogens is 235 g/mol. The highest BCUT2D eigenvalue weighted by molar-refractivity contribution is 7.51. The molecule has 6 nitrogen and oxygen atoms in total. The number of hydrogen-bond donors (Lipinski definition) is 1. The summed E-state index contributed by atoms with van der Waals surface area (Å²) in [7, 11) is -2.01. The normalized spacial score (nSPS) is 45.9. The molecule has 2 fully saturated rings. The quantitative estimate of drug-likeness (QED) is 0.729. The van der Waals surface area contributed by atoms with Gasteiger partial charge in [-0.05, 0) is 6.92 Å². The van der Waals surface area contributed by atoms with Gasteiger partial charge in [-0.25, -0.2) is 0 Å². The molecule has 1 N–H and O–H groups in total. The highest BCUT2D eigenvalue weighted by Gasteiger charge is 2.62. The summed E-state index contributed by atoms with van der Waals surface area (Å²) >= 11 is 0. The van der Waals surface area contributed by atoms with Crippen molar-refractivity contribution in [3.05, 3.63) is 0 Å². The zero-order valence-corrected chi connectivity index (χ0v) is 10.5. The molecule has 0 aromatic heterocycles. The van der Waals surface area contributed by atoms with Gasteiger partial charge in [-0.1, -0.05) is 0 Å². The van der Waals surface area contributed by atoms with Gasteiger partial charge < -0.3 is 19.1 Å². The standard InChI is InChI=1S/C9H17O6P/c1-6-7-8(15-16(3,10)11)9(14-6,4-12-2)5-13-7/h6-8H,4-5H2,1-3H3,(H,10,11)/t6-,7-,8-,9-/m0/s1. The predicted octanol–water partition coefficient (Wildman–Crippen LogP) is 0.389. The van der Waals surface area contributed by atoms with E-state index in [1.807, 2.05) is 6.92 Å². The molecule has 0 aromatic rings. The highest BCUT2D eigenvalue weighted by atomic mass is 31.2. The van der Waals surface area contributed by atoms with E-state index in [0.717, 1.165) is 6.66 Å². The number of rotatable bonds is 4. The average Bonchev–Trinajstić information content (AvgIpc) is 2.54. The number of ether oxygens (including phenoxy) is 3. The second-order valence-electron chi connectivity index (χ2n) is 4.43. The average molecular weight is 252 g/mol. The Morgan fingerprint density at radius 2 is 2.31 bits per heavy atom. The van der Waals surface area contributed by atoms with Crippen LogP contribution in [0.2, 0.25) is 0 Å². The zero-order chi connectivity index (χ0) is 12.0. The molecule has 2 rings (SSSR count). The molecule has 2 heterocycles. The maximum atomic E-state index is 11.3. The molecular formula is C9H17O6P. The lowest BCUT2D eigenvalue weighted by atomic mass is 10.00. The van der Waals surface area contributed by atoms with Crippen molar-refractivity contribution in [1.82, 2.24) is 0 Å². The van der Waals surface area contributed by atoms with Crippen molar-refractivity contribution in [3.8, 4) is 0 Å². The summed E-state index contributed by atoms with van der Waals surface area (Å²) in [6.45, 7) is 3.64. The lowest BCUT2D eigenvalue weighted by Gasteiger charge is -2.29. The van der Waals surface area contributed by atoms with E-state index in [1.54, 1.807) is 7.11 Å². The van der Waals surface area contributed by atoms with Crippen molar-refractivity contribution < 1.29 is 28.2 Å². The Morgan fingerprint density at radius 3 is 2.81 bits per heavy atom. The summed E-state index contributed by atoms with van der Waals surface area (Å²) in [5.41, 5.74) is -0.743. The van der Waals surface area contributed by atoms with Gasteiger partial charge in [0.15, 0.2) is 0 Å². The van der Waals surface area contributed by atoms with Crippen molar-refractivity contribution >= 4 is 7.60 Å². The summed E-state index contributed by atoms with van der Waals surface area (Å²) in [6, 6.07) is 0. The second-order valence-corrected chi connectivity index (χ2v) is 6.24. The Hall–Kier alpha value is 0.0300. The van der Waals surface area contributed by atoms with Crippen LogP contribution in [0.3, 0.4) is 0 Å².